The van der Waals surface area contributed by atoms with Crippen LogP contribution in [0, 0.1) is 6.92 Å². The molecule has 130 valence electrons. The van der Waals surface area contributed by atoms with Crippen molar-refractivity contribution < 1.29 is 9.53 Å². The fraction of sp³-hybridized carbons (Fsp3) is 0.0909. The van der Waals surface area contributed by atoms with Gasteiger partial charge in [0.05, 0.1) is 6.21 Å². The first-order valence-electron chi connectivity index (χ1n) is 8.37. The van der Waals surface area contributed by atoms with E-state index in [-0.39, 0.29) is 5.91 Å². The summed E-state index contributed by atoms with van der Waals surface area (Å²) in [7, 11) is 0. The van der Waals surface area contributed by atoms with E-state index < -0.39 is 0 Å². The molecule has 0 aliphatic heterocycles. The number of rotatable bonds is 6. The maximum atomic E-state index is 11.9. The lowest BCUT2D eigenvalue weighted by Gasteiger charge is -2.06. The normalized spacial score (nSPS) is 10.7. The molecular weight excluding hydrogens is 324 g/mol. The number of ether oxygens (including phenoxy) is 1. The van der Waals surface area contributed by atoms with Crippen molar-refractivity contribution in [1.29, 1.82) is 0 Å². The van der Waals surface area contributed by atoms with E-state index in [0.717, 1.165) is 16.9 Å². The maximum Gasteiger partial charge on any atom is 0.271 e. The molecule has 3 aromatic carbocycles. The highest BCUT2D eigenvalue weighted by Crippen LogP contribution is 2.14. The second kappa shape index (κ2) is 8.62. The number of hydrogen-bond donors (Lipinski definition) is 1. The predicted molar refractivity (Wildman–Crippen MR) is 103 cm³/mol. The fourth-order valence-electron chi connectivity index (χ4n) is 2.32. The first-order valence-corrected chi connectivity index (χ1v) is 8.37. The third-order valence-electron chi connectivity index (χ3n) is 3.82. The molecular formula is C22H20N2O2. The van der Waals surface area contributed by atoms with Gasteiger partial charge in [-0.2, -0.15) is 5.10 Å². The Morgan fingerprint density at radius 2 is 1.65 bits per heavy atom. The van der Waals surface area contributed by atoms with E-state index in [1.165, 1.54) is 5.56 Å². The van der Waals surface area contributed by atoms with Crippen LogP contribution in [0.1, 0.15) is 27.0 Å². The van der Waals surface area contributed by atoms with Crippen molar-refractivity contribution in [3.8, 4) is 5.75 Å². The van der Waals surface area contributed by atoms with Crippen LogP contribution in [0.2, 0.25) is 0 Å². The molecule has 3 rings (SSSR count). The molecule has 0 aliphatic rings. The quantitative estimate of drug-likeness (QED) is 0.534. The van der Waals surface area contributed by atoms with Crippen molar-refractivity contribution in [1.82, 2.24) is 5.43 Å². The Morgan fingerprint density at radius 1 is 0.962 bits per heavy atom. The zero-order valence-corrected chi connectivity index (χ0v) is 14.6. The Morgan fingerprint density at radius 3 is 2.35 bits per heavy atom. The maximum absolute atomic E-state index is 11.9. The molecule has 0 aromatic heterocycles. The van der Waals surface area contributed by atoms with E-state index in [1.807, 2.05) is 42.5 Å². The minimum absolute atomic E-state index is 0.236. The van der Waals surface area contributed by atoms with Gasteiger partial charge < -0.3 is 4.74 Å². The smallest absolute Gasteiger partial charge is 0.271 e. The third kappa shape index (κ3) is 5.05. The molecule has 0 fully saturated rings. The lowest BCUT2D eigenvalue weighted by molar-refractivity contribution is 0.0955. The molecule has 4 nitrogen and oxygen atoms in total. The molecule has 0 saturated carbocycles. The van der Waals surface area contributed by atoms with Crippen LogP contribution in [-0.2, 0) is 6.61 Å². The van der Waals surface area contributed by atoms with Gasteiger partial charge in [0.25, 0.3) is 5.91 Å². The number of carbonyl (C=O) groups excluding carboxylic acids is 1. The Hall–Kier alpha value is -3.40. The molecule has 0 unspecified atom stereocenters. The number of hydrazone groups is 1. The van der Waals surface area contributed by atoms with Gasteiger partial charge in [0, 0.05) is 5.56 Å². The molecule has 1 amide bonds. The van der Waals surface area contributed by atoms with Crippen molar-refractivity contribution in [3.63, 3.8) is 0 Å². The number of nitrogens with one attached hydrogen (secondary N) is 1. The van der Waals surface area contributed by atoms with Gasteiger partial charge in [0.1, 0.15) is 12.4 Å². The molecule has 0 atom stereocenters. The molecule has 3 aromatic rings. The van der Waals surface area contributed by atoms with Crippen molar-refractivity contribution >= 4 is 12.1 Å². The van der Waals surface area contributed by atoms with Crippen molar-refractivity contribution in [3.05, 3.63) is 101 Å². The summed E-state index contributed by atoms with van der Waals surface area (Å²) in [6.45, 7) is 2.59. The third-order valence-corrected chi connectivity index (χ3v) is 3.82. The average Bonchev–Trinajstić information content (AvgIpc) is 2.69. The van der Waals surface area contributed by atoms with Gasteiger partial charge in [-0.05, 0) is 54.4 Å². The summed E-state index contributed by atoms with van der Waals surface area (Å²) in [5, 5.41) is 3.98. The van der Waals surface area contributed by atoms with E-state index in [0.29, 0.717) is 12.2 Å². The Balaban J connectivity index is 1.51. The zero-order chi connectivity index (χ0) is 18.2. The van der Waals surface area contributed by atoms with Gasteiger partial charge in [-0.25, -0.2) is 5.43 Å². The zero-order valence-electron chi connectivity index (χ0n) is 14.6. The van der Waals surface area contributed by atoms with Crippen molar-refractivity contribution in [2.24, 2.45) is 5.10 Å². The highest BCUT2D eigenvalue weighted by Gasteiger charge is 2.01. The Bertz CT molecular complexity index is 870. The number of nitrogens with zero attached hydrogens (tertiary/aromatic N) is 1. The number of amides is 1. The summed E-state index contributed by atoms with van der Waals surface area (Å²) in [6, 6.07) is 24.8. The Labute approximate surface area is 153 Å². The topological polar surface area (TPSA) is 50.7 Å². The summed E-state index contributed by atoms with van der Waals surface area (Å²) in [5.74, 6) is 0.552. The first-order chi connectivity index (χ1) is 12.7. The number of benzene rings is 3. The SMILES string of the molecule is Cc1ccc(COc2ccc(/C=N/NC(=O)c3ccccc3)cc2)cc1. The van der Waals surface area contributed by atoms with Gasteiger partial charge in [0.15, 0.2) is 0 Å². The second-order valence-corrected chi connectivity index (χ2v) is 5.91. The second-order valence-electron chi connectivity index (χ2n) is 5.91. The minimum Gasteiger partial charge on any atom is -0.489 e. The van der Waals surface area contributed by atoms with E-state index in [9.17, 15) is 4.79 Å². The van der Waals surface area contributed by atoms with Crippen LogP contribution in [0.25, 0.3) is 0 Å². The molecule has 0 bridgehead atoms. The highest BCUT2D eigenvalue weighted by molar-refractivity contribution is 5.94. The van der Waals surface area contributed by atoms with Crippen LogP contribution in [0.3, 0.4) is 0 Å². The largest absolute Gasteiger partial charge is 0.489 e. The van der Waals surface area contributed by atoms with Gasteiger partial charge in [-0.15, -0.1) is 0 Å². The molecule has 0 saturated heterocycles. The summed E-state index contributed by atoms with van der Waals surface area (Å²) in [6.07, 6.45) is 1.60. The first kappa shape index (κ1) is 17.4. The summed E-state index contributed by atoms with van der Waals surface area (Å²) in [4.78, 5) is 11.9. The van der Waals surface area contributed by atoms with Crippen LogP contribution in [-0.4, -0.2) is 12.1 Å². The van der Waals surface area contributed by atoms with E-state index in [4.69, 9.17) is 4.74 Å². The van der Waals surface area contributed by atoms with Crippen molar-refractivity contribution in [2.75, 3.05) is 0 Å². The highest BCUT2D eigenvalue weighted by atomic mass is 16.5. The van der Waals surface area contributed by atoms with Gasteiger partial charge >= 0.3 is 0 Å². The van der Waals surface area contributed by atoms with Gasteiger partial charge in [-0.1, -0.05) is 48.0 Å². The standard InChI is InChI=1S/C22H20N2O2/c1-17-7-9-19(10-8-17)16-26-21-13-11-18(12-14-21)15-23-24-22(25)20-5-3-2-4-6-20/h2-15H,16H2,1H3,(H,24,25)/b23-15+. The van der Waals surface area contributed by atoms with Crippen LogP contribution < -0.4 is 10.2 Å². The summed E-state index contributed by atoms with van der Waals surface area (Å²) < 4.78 is 5.77. The van der Waals surface area contributed by atoms with E-state index >= 15 is 0 Å². The number of aryl methyl sites for hydroxylation is 1. The summed E-state index contributed by atoms with van der Waals surface area (Å²) >= 11 is 0. The van der Waals surface area contributed by atoms with Crippen LogP contribution in [0.15, 0.2) is 84.0 Å². The predicted octanol–water partition coefficient (Wildman–Crippen LogP) is 4.34. The fourth-order valence-corrected chi connectivity index (χ4v) is 2.32. The monoisotopic (exact) mass is 344 g/mol. The number of carbonyl (C=O) groups is 1. The molecule has 26 heavy (non-hydrogen) atoms. The van der Waals surface area contributed by atoms with Crippen LogP contribution in [0.5, 0.6) is 5.75 Å². The minimum atomic E-state index is -0.236. The summed E-state index contributed by atoms with van der Waals surface area (Å²) in [5.41, 5.74) is 6.32. The molecule has 1 N–H and O–H groups in total. The molecule has 0 radical (unpaired) electrons. The molecule has 0 spiro atoms. The lowest BCUT2D eigenvalue weighted by Crippen LogP contribution is -2.17. The van der Waals surface area contributed by atoms with Gasteiger partial charge in [0.2, 0.25) is 0 Å². The molecule has 0 aliphatic carbocycles. The van der Waals surface area contributed by atoms with Crippen LogP contribution >= 0.6 is 0 Å². The van der Waals surface area contributed by atoms with Crippen molar-refractivity contribution in [2.45, 2.75) is 13.5 Å². The number of hydrogen-bond acceptors (Lipinski definition) is 3. The Kier molecular flexibility index (Phi) is 5.78. The van der Waals surface area contributed by atoms with E-state index in [1.54, 1.807) is 18.3 Å². The molecule has 4 heteroatoms. The van der Waals surface area contributed by atoms with E-state index in [2.05, 4.69) is 41.7 Å². The van der Waals surface area contributed by atoms with Gasteiger partial charge in [-0.3, -0.25) is 4.79 Å². The average molecular weight is 344 g/mol. The molecule has 0 heterocycles. The lowest BCUT2D eigenvalue weighted by atomic mass is 10.2. The van der Waals surface area contributed by atoms with Crippen LogP contribution in [0.4, 0.5) is 0 Å².